The highest BCUT2D eigenvalue weighted by Crippen LogP contribution is 2.36. The van der Waals surface area contributed by atoms with E-state index in [1.807, 2.05) is 13.8 Å². The van der Waals surface area contributed by atoms with Gasteiger partial charge in [-0.05, 0) is 61.9 Å². The van der Waals surface area contributed by atoms with Crippen molar-refractivity contribution in [3.05, 3.63) is 81.8 Å². The van der Waals surface area contributed by atoms with Gasteiger partial charge in [0.2, 0.25) is 0 Å². The number of carbonyl (C=O) groups is 1. The first-order valence-electron chi connectivity index (χ1n) is 10.5. The van der Waals surface area contributed by atoms with Gasteiger partial charge < -0.3 is 13.7 Å². The number of amides is 1. The average Bonchev–Trinajstić information content (AvgIpc) is 2.83. The summed E-state index contributed by atoms with van der Waals surface area (Å²) in [6, 6.07) is 15.2. The van der Waals surface area contributed by atoms with E-state index >= 15 is 0 Å². The Morgan fingerprint density at radius 1 is 0.943 bits per heavy atom. The van der Waals surface area contributed by atoms with Crippen LogP contribution in [0.25, 0.3) is 0 Å². The molecule has 0 spiro atoms. The number of hydrazone groups is 1. The smallest absolute Gasteiger partial charge is 0.339 e. The molecule has 3 aromatic carbocycles. The fourth-order valence-electron chi connectivity index (χ4n) is 2.90. The minimum atomic E-state index is -4.12. The van der Waals surface area contributed by atoms with Gasteiger partial charge in [-0.15, -0.1) is 0 Å². The molecule has 35 heavy (non-hydrogen) atoms. The van der Waals surface area contributed by atoms with E-state index in [0.717, 1.165) is 0 Å². The Morgan fingerprint density at radius 2 is 1.57 bits per heavy atom. The second-order valence-electron chi connectivity index (χ2n) is 6.89. The molecular formula is C24H22Cl2N2O6S. The van der Waals surface area contributed by atoms with Crippen LogP contribution >= 0.6 is 23.2 Å². The highest BCUT2D eigenvalue weighted by molar-refractivity contribution is 7.87. The number of nitrogens with one attached hydrogen (secondary N) is 1. The van der Waals surface area contributed by atoms with Gasteiger partial charge in [0.25, 0.3) is 5.91 Å². The Hall–Kier alpha value is -3.27. The molecule has 0 aliphatic carbocycles. The quantitative estimate of drug-likeness (QED) is 0.213. The summed E-state index contributed by atoms with van der Waals surface area (Å²) >= 11 is 12.4. The van der Waals surface area contributed by atoms with E-state index in [-0.39, 0.29) is 20.7 Å². The van der Waals surface area contributed by atoms with Crippen LogP contribution in [0.2, 0.25) is 10.0 Å². The van der Waals surface area contributed by atoms with Crippen LogP contribution in [0, 0.1) is 0 Å². The number of carbonyl (C=O) groups excluding carboxylic acids is 1. The molecule has 1 N–H and O–H groups in total. The van der Waals surface area contributed by atoms with Crippen molar-refractivity contribution in [3.63, 3.8) is 0 Å². The molecule has 1 amide bonds. The highest BCUT2D eigenvalue weighted by atomic mass is 35.5. The van der Waals surface area contributed by atoms with E-state index in [1.165, 1.54) is 30.5 Å². The van der Waals surface area contributed by atoms with Crippen LogP contribution in [-0.4, -0.2) is 33.8 Å². The molecule has 0 aliphatic heterocycles. The Kier molecular flexibility index (Phi) is 8.97. The van der Waals surface area contributed by atoms with Gasteiger partial charge >= 0.3 is 10.1 Å². The van der Waals surface area contributed by atoms with E-state index in [4.69, 9.17) is 36.9 Å². The molecule has 0 fully saturated rings. The van der Waals surface area contributed by atoms with Crippen LogP contribution in [0.15, 0.2) is 70.7 Å². The third kappa shape index (κ3) is 6.88. The number of benzene rings is 3. The Bertz CT molecular complexity index is 1310. The van der Waals surface area contributed by atoms with Gasteiger partial charge in [-0.2, -0.15) is 13.5 Å². The lowest BCUT2D eigenvalue weighted by Gasteiger charge is -2.12. The maximum atomic E-state index is 12.5. The first-order chi connectivity index (χ1) is 16.7. The zero-order chi connectivity index (χ0) is 25.4. The molecule has 184 valence electrons. The van der Waals surface area contributed by atoms with E-state index in [2.05, 4.69) is 10.5 Å². The minimum Gasteiger partial charge on any atom is -0.490 e. The van der Waals surface area contributed by atoms with Crippen molar-refractivity contribution < 1.29 is 26.9 Å². The van der Waals surface area contributed by atoms with E-state index in [9.17, 15) is 13.2 Å². The summed E-state index contributed by atoms with van der Waals surface area (Å²) in [5.74, 6) is 0.299. The lowest BCUT2D eigenvalue weighted by Crippen LogP contribution is -2.17. The second-order valence-corrected chi connectivity index (χ2v) is 9.25. The molecule has 11 heteroatoms. The summed E-state index contributed by atoms with van der Waals surface area (Å²) < 4.78 is 41.1. The first kappa shape index (κ1) is 26.3. The standard InChI is InChI=1S/C24H22Cl2N2O6S/c1-3-32-21-11-10-17(14-22(21)33-4-2)24(29)28-27-15-16-12-19(25)23(20(26)13-16)34-35(30,31)18-8-6-5-7-9-18/h5-15H,3-4H2,1-2H3,(H,28,29)/b27-15+. The number of hydrogen-bond acceptors (Lipinski definition) is 7. The Morgan fingerprint density at radius 3 is 2.20 bits per heavy atom. The van der Waals surface area contributed by atoms with Gasteiger partial charge in [0.05, 0.1) is 29.5 Å². The predicted octanol–water partition coefficient (Wildman–Crippen LogP) is 5.32. The van der Waals surface area contributed by atoms with Crippen molar-refractivity contribution in [3.8, 4) is 17.2 Å². The topological polar surface area (TPSA) is 103 Å². The fourth-order valence-corrected chi connectivity index (χ4v) is 4.56. The monoisotopic (exact) mass is 536 g/mol. The van der Waals surface area contributed by atoms with Crippen molar-refractivity contribution in [2.75, 3.05) is 13.2 Å². The van der Waals surface area contributed by atoms with Crippen molar-refractivity contribution in [2.24, 2.45) is 5.10 Å². The summed E-state index contributed by atoms with van der Waals surface area (Å²) in [5.41, 5.74) is 3.13. The molecule has 0 saturated carbocycles. The maximum Gasteiger partial charge on any atom is 0.339 e. The van der Waals surface area contributed by atoms with Crippen LogP contribution in [-0.2, 0) is 10.1 Å². The molecule has 0 unspecified atom stereocenters. The number of nitrogens with zero attached hydrogens (tertiary/aromatic N) is 1. The lowest BCUT2D eigenvalue weighted by atomic mass is 10.2. The zero-order valence-corrected chi connectivity index (χ0v) is 21.2. The summed E-state index contributed by atoms with van der Waals surface area (Å²) in [5, 5.41) is 3.83. The van der Waals surface area contributed by atoms with E-state index < -0.39 is 16.0 Å². The van der Waals surface area contributed by atoms with E-state index in [0.29, 0.717) is 35.8 Å². The summed E-state index contributed by atoms with van der Waals surface area (Å²) in [6.45, 7) is 4.56. The minimum absolute atomic E-state index is 0.0396. The average molecular weight is 537 g/mol. The highest BCUT2D eigenvalue weighted by Gasteiger charge is 2.20. The number of hydrogen-bond donors (Lipinski definition) is 1. The van der Waals surface area contributed by atoms with Gasteiger partial charge in [-0.1, -0.05) is 41.4 Å². The molecule has 0 aromatic heterocycles. The molecule has 3 aromatic rings. The maximum absolute atomic E-state index is 12.5. The molecule has 0 radical (unpaired) electrons. The molecular weight excluding hydrogens is 515 g/mol. The predicted molar refractivity (Wildman–Crippen MR) is 135 cm³/mol. The molecule has 0 bridgehead atoms. The normalized spacial score (nSPS) is 11.3. The number of ether oxygens (including phenoxy) is 2. The number of rotatable bonds is 10. The summed E-state index contributed by atoms with van der Waals surface area (Å²) in [7, 11) is -4.12. The lowest BCUT2D eigenvalue weighted by molar-refractivity contribution is 0.0954. The van der Waals surface area contributed by atoms with Gasteiger partial charge in [-0.25, -0.2) is 5.43 Å². The molecule has 8 nitrogen and oxygen atoms in total. The molecule has 3 rings (SSSR count). The second kappa shape index (κ2) is 11.9. The van der Waals surface area contributed by atoms with Crippen molar-refractivity contribution in [1.29, 1.82) is 0 Å². The fraction of sp³-hybridized carbons (Fsp3) is 0.167. The molecule has 0 saturated heterocycles. The van der Waals surface area contributed by atoms with Gasteiger partial charge in [0, 0.05) is 5.56 Å². The molecule has 0 heterocycles. The third-order valence-corrected chi connectivity index (χ3v) is 6.23. The number of halogens is 2. The van der Waals surface area contributed by atoms with Crippen LogP contribution in [0.1, 0.15) is 29.8 Å². The van der Waals surface area contributed by atoms with Crippen molar-refractivity contribution in [2.45, 2.75) is 18.7 Å². The Balaban J connectivity index is 1.72. The van der Waals surface area contributed by atoms with Gasteiger partial charge in [-0.3, -0.25) is 4.79 Å². The van der Waals surface area contributed by atoms with Gasteiger partial charge in [0.15, 0.2) is 17.2 Å². The third-order valence-electron chi connectivity index (χ3n) is 4.43. The van der Waals surface area contributed by atoms with Crippen LogP contribution in [0.3, 0.4) is 0 Å². The SMILES string of the molecule is CCOc1ccc(C(=O)N/N=C/c2cc(Cl)c(OS(=O)(=O)c3ccccc3)c(Cl)c2)cc1OCC. The van der Waals surface area contributed by atoms with Crippen molar-refractivity contribution in [1.82, 2.24) is 5.43 Å². The molecule has 0 aliphatic rings. The Labute approximate surface area is 213 Å². The first-order valence-corrected chi connectivity index (χ1v) is 12.6. The van der Waals surface area contributed by atoms with Crippen molar-refractivity contribution >= 4 is 45.4 Å². The van der Waals surface area contributed by atoms with Crippen LogP contribution in [0.5, 0.6) is 17.2 Å². The zero-order valence-electron chi connectivity index (χ0n) is 18.8. The summed E-state index contributed by atoms with van der Waals surface area (Å²) in [6.07, 6.45) is 1.31. The summed E-state index contributed by atoms with van der Waals surface area (Å²) in [4.78, 5) is 12.4. The van der Waals surface area contributed by atoms with Gasteiger partial charge in [0.1, 0.15) is 4.90 Å². The largest absolute Gasteiger partial charge is 0.490 e. The molecule has 0 atom stereocenters. The van der Waals surface area contributed by atoms with E-state index in [1.54, 1.807) is 36.4 Å². The van der Waals surface area contributed by atoms with Crippen LogP contribution < -0.4 is 19.1 Å². The van der Waals surface area contributed by atoms with Crippen LogP contribution in [0.4, 0.5) is 0 Å².